The van der Waals surface area contributed by atoms with E-state index >= 15 is 0 Å². The minimum atomic E-state index is -0.00831. The van der Waals surface area contributed by atoms with Gasteiger partial charge in [-0.15, -0.1) is 0 Å². The molecule has 1 aromatic heterocycles. The molecule has 0 spiro atoms. The van der Waals surface area contributed by atoms with Crippen LogP contribution < -0.4 is 0 Å². The molecule has 4 saturated carbocycles. The second-order valence-electron chi connectivity index (χ2n) is 7.69. The molecule has 0 amide bonds. The van der Waals surface area contributed by atoms with Gasteiger partial charge in [0.05, 0.1) is 6.42 Å². The molecular formula is C16H22N2O. The van der Waals surface area contributed by atoms with E-state index in [1.165, 1.54) is 19.3 Å². The third-order valence-corrected chi connectivity index (χ3v) is 5.83. The smallest absolute Gasteiger partial charge is 0.146 e. The van der Waals surface area contributed by atoms with E-state index in [1.54, 1.807) is 6.20 Å². The number of hydrogen-bond acceptors (Lipinski definition) is 2. The van der Waals surface area contributed by atoms with Crippen LogP contribution in [0.1, 0.15) is 51.3 Å². The average Bonchev–Trinajstić information content (AvgIpc) is 2.78. The summed E-state index contributed by atoms with van der Waals surface area (Å²) in [5, 5.41) is 0. The standard InChI is InChI=1S/C16H22N2O/c1-15-6-11-4-12(7-15)9-16(8-11,10-15)13(19)5-14-17-2-3-18-14/h2-3,11-12H,4-10H2,1H3,(H,17,18). The van der Waals surface area contributed by atoms with E-state index in [4.69, 9.17) is 0 Å². The maximum Gasteiger partial charge on any atom is 0.146 e. The van der Waals surface area contributed by atoms with Crippen LogP contribution in [-0.4, -0.2) is 15.8 Å². The summed E-state index contributed by atoms with van der Waals surface area (Å²) < 4.78 is 0. The van der Waals surface area contributed by atoms with E-state index in [-0.39, 0.29) is 5.41 Å². The molecule has 1 aromatic rings. The quantitative estimate of drug-likeness (QED) is 0.905. The molecule has 0 aliphatic heterocycles. The Kier molecular flexibility index (Phi) is 2.28. The first kappa shape index (κ1) is 11.7. The van der Waals surface area contributed by atoms with Gasteiger partial charge in [-0.25, -0.2) is 4.98 Å². The van der Waals surface area contributed by atoms with Gasteiger partial charge in [-0.1, -0.05) is 6.92 Å². The van der Waals surface area contributed by atoms with Gasteiger partial charge in [0.1, 0.15) is 11.6 Å². The lowest BCUT2D eigenvalue weighted by Crippen LogP contribution is -2.54. The van der Waals surface area contributed by atoms with E-state index in [2.05, 4.69) is 16.9 Å². The molecule has 0 aromatic carbocycles. The zero-order chi connectivity index (χ0) is 13.1. The summed E-state index contributed by atoms with van der Waals surface area (Å²) in [6.45, 7) is 2.42. The zero-order valence-corrected chi connectivity index (χ0v) is 11.6. The maximum absolute atomic E-state index is 12.8. The number of carbonyl (C=O) groups is 1. The molecule has 1 heterocycles. The van der Waals surface area contributed by atoms with Gasteiger partial charge in [-0.05, 0) is 55.8 Å². The third kappa shape index (κ3) is 1.78. The number of nitrogens with one attached hydrogen (secondary N) is 1. The van der Waals surface area contributed by atoms with Gasteiger partial charge < -0.3 is 4.98 Å². The number of nitrogens with zero attached hydrogens (tertiary/aromatic N) is 1. The number of aromatic amines is 1. The molecule has 102 valence electrons. The summed E-state index contributed by atoms with van der Waals surface area (Å²) in [7, 11) is 0. The lowest BCUT2D eigenvalue weighted by atomic mass is 9.43. The lowest BCUT2D eigenvalue weighted by Gasteiger charge is -2.60. The van der Waals surface area contributed by atoms with Crippen molar-refractivity contribution in [2.24, 2.45) is 22.7 Å². The molecule has 2 atom stereocenters. The summed E-state index contributed by atoms with van der Waals surface area (Å²) in [5.41, 5.74) is 0.439. The van der Waals surface area contributed by atoms with Crippen molar-refractivity contribution in [3.05, 3.63) is 18.2 Å². The van der Waals surface area contributed by atoms with Crippen LogP contribution in [0.2, 0.25) is 0 Å². The number of H-pyrrole nitrogens is 1. The van der Waals surface area contributed by atoms with Gasteiger partial charge >= 0.3 is 0 Å². The number of carbonyl (C=O) groups excluding carboxylic acids is 1. The average molecular weight is 258 g/mol. The van der Waals surface area contributed by atoms with E-state index in [9.17, 15) is 4.79 Å². The fraction of sp³-hybridized carbons (Fsp3) is 0.750. The summed E-state index contributed by atoms with van der Waals surface area (Å²) in [4.78, 5) is 20.1. The molecule has 5 rings (SSSR count). The van der Waals surface area contributed by atoms with Crippen LogP contribution >= 0.6 is 0 Å². The van der Waals surface area contributed by atoms with Crippen molar-refractivity contribution in [2.45, 2.75) is 51.9 Å². The molecule has 3 heteroatoms. The van der Waals surface area contributed by atoms with Crippen LogP contribution in [0.3, 0.4) is 0 Å². The Morgan fingerprint density at radius 1 is 1.37 bits per heavy atom. The SMILES string of the molecule is CC12CC3CC(C1)CC(C(=O)Cc1ncc[nH]1)(C3)C2. The highest BCUT2D eigenvalue weighted by molar-refractivity contribution is 5.86. The Balaban J connectivity index is 1.61. The van der Waals surface area contributed by atoms with Crippen molar-refractivity contribution in [2.75, 3.05) is 0 Å². The van der Waals surface area contributed by atoms with Crippen molar-refractivity contribution in [1.82, 2.24) is 9.97 Å². The second-order valence-corrected chi connectivity index (χ2v) is 7.69. The normalized spacial score (nSPS) is 43.6. The Morgan fingerprint density at radius 3 is 2.68 bits per heavy atom. The van der Waals surface area contributed by atoms with Crippen molar-refractivity contribution in [3.63, 3.8) is 0 Å². The van der Waals surface area contributed by atoms with Crippen LogP contribution in [0, 0.1) is 22.7 Å². The first-order chi connectivity index (χ1) is 9.07. The molecule has 1 N–H and O–H groups in total. The first-order valence-corrected chi connectivity index (χ1v) is 7.59. The van der Waals surface area contributed by atoms with Gasteiger partial charge in [-0.2, -0.15) is 0 Å². The van der Waals surface area contributed by atoms with Gasteiger partial charge in [0.2, 0.25) is 0 Å². The van der Waals surface area contributed by atoms with Crippen LogP contribution in [-0.2, 0) is 11.2 Å². The Hall–Kier alpha value is -1.12. The number of ketones is 1. The van der Waals surface area contributed by atoms with Crippen LogP contribution in [0.4, 0.5) is 0 Å². The Labute approximate surface area is 114 Å². The molecule has 2 unspecified atom stereocenters. The van der Waals surface area contributed by atoms with Gasteiger partial charge in [0.25, 0.3) is 0 Å². The summed E-state index contributed by atoms with van der Waals surface area (Å²) in [5.74, 6) is 2.91. The highest BCUT2D eigenvalue weighted by Gasteiger charge is 2.58. The second kappa shape index (κ2) is 3.71. The predicted molar refractivity (Wildman–Crippen MR) is 72.5 cm³/mol. The lowest BCUT2D eigenvalue weighted by molar-refractivity contribution is -0.152. The molecule has 0 radical (unpaired) electrons. The van der Waals surface area contributed by atoms with Crippen molar-refractivity contribution in [1.29, 1.82) is 0 Å². The molecule has 4 aliphatic rings. The highest BCUT2D eigenvalue weighted by Crippen LogP contribution is 2.65. The minimum Gasteiger partial charge on any atom is -0.348 e. The number of Topliss-reactive ketones (excluding diaryl/α,β-unsaturated/α-hetero) is 1. The van der Waals surface area contributed by atoms with E-state index in [0.717, 1.165) is 36.9 Å². The van der Waals surface area contributed by atoms with Crippen molar-refractivity contribution in [3.8, 4) is 0 Å². The third-order valence-electron chi connectivity index (χ3n) is 5.83. The fourth-order valence-electron chi connectivity index (χ4n) is 5.78. The number of rotatable bonds is 3. The Morgan fingerprint density at radius 2 is 2.11 bits per heavy atom. The highest BCUT2D eigenvalue weighted by atomic mass is 16.1. The van der Waals surface area contributed by atoms with Crippen molar-refractivity contribution >= 4 is 5.78 Å². The number of aromatic nitrogens is 2. The topological polar surface area (TPSA) is 45.8 Å². The largest absolute Gasteiger partial charge is 0.348 e. The molecule has 19 heavy (non-hydrogen) atoms. The molecular weight excluding hydrogens is 236 g/mol. The molecule has 4 aliphatic carbocycles. The monoisotopic (exact) mass is 258 g/mol. The van der Waals surface area contributed by atoms with Gasteiger partial charge in [0.15, 0.2) is 0 Å². The molecule has 4 bridgehead atoms. The van der Waals surface area contributed by atoms with Gasteiger partial charge in [0, 0.05) is 17.8 Å². The van der Waals surface area contributed by atoms with E-state index in [1.807, 2.05) is 6.20 Å². The molecule has 3 nitrogen and oxygen atoms in total. The van der Waals surface area contributed by atoms with Crippen LogP contribution in [0.25, 0.3) is 0 Å². The summed E-state index contributed by atoms with van der Waals surface area (Å²) in [6.07, 6.45) is 11.6. The summed E-state index contributed by atoms with van der Waals surface area (Å²) >= 11 is 0. The number of hydrogen-bond donors (Lipinski definition) is 1. The Bertz CT molecular complexity index is 491. The van der Waals surface area contributed by atoms with Crippen LogP contribution in [0.5, 0.6) is 0 Å². The van der Waals surface area contributed by atoms with E-state index < -0.39 is 0 Å². The van der Waals surface area contributed by atoms with Gasteiger partial charge in [-0.3, -0.25) is 4.79 Å². The maximum atomic E-state index is 12.8. The first-order valence-electron chi connectivity index (χ1n) is 7.59. The number of imidazole rings is 1. The van der Waals surface area contributed by atoms with Crippen LogP contribution in [0.15, 0.2) is 12.4 Å². The molecule has 0 saturated heterocycles. The van der Waals surface area contributed by atoms with E-state index in [0.29, 0.717) is 17.6 Å². The molecule has 4 fully saturated rings. The summed E-state index contributed by atoms with van der Waals surface area (Å²) in [6, 6.07) is 0. The van der Waals surface area contributed by atoms with Crippen molar-refractivity contribution < 1.29 is 4.79 Å². The predicted octanol–water partition coefficient (Wildman–Crippen LogP) is 3.13. The minimum absolute atomic E-state index is 0.00831. The zero-order valence-electron chi connectivity index (χ0n) is 11.6. The fourth-order valence-corrected chi connectivity index (χ4v) is 5.78.